The molecule has 6 heteroatoms. The second kappa shape index (κ2) is 7.29. The first-order chi connectivity index (χ1) is 8.63. The highest BCUT2D eigenvalue weighted by Crippen LogP contribution is 2.11. The van der Waals surface area contributed by atoms with Gasteiger partial charge in [0, 0.05) is 19.2 Å². The van der Waals surface area contributed by atoms with Crippen molar-refractivity contribution in [2.75, 3.05) is 26.9 Å². The summed E-state index contributed by atoms with van der Waals surface area (Å²) < 4.78 is 9.90. The Kier molecular flexibility index (Phi) is 5.66. The molecule has 0 aliphatic heterocycles. The molecule has 0 radical (unpaired) electrons. The molecule has 18 heavy (non-hydrogen) atoms. The molecule has 3 N–H and O–H groups in total. The van der Waals surface area contributed by atoms with Crippen LogP contribution in [0.3, 0.4) is 0 Å². The van der Waals surface area contributed by atoms with Crippen molar-refractivity contribution in [3.8, 4) is 5.75 Å². The summed E-state index contributed by atoms with van der Waals surface area (Å²) in [4.78, 5) is 22.1. The van der Waals surface area contributed by atoms with Crippen LogP contribution in [0.15, 0.2) is 24.3 Å². The third kappa shape index (κ3) is 4.84. The van der Waals surface area contributed by atoms with Crippen molar-refractivity contribution >= 4 is 11.8 Å². The summed E-state index contributed by atoms with van der Waals surface area (Å²) in [5.41, 5.74) is 5.46. The molecule has 0 heterocycles. The lowest BCUT2D eigenvalue weighted by molar-refractivity contribution is -0.119. The topological polar surface area (TPSA) is 90.7 Å². The van der Waals surface area contributed by atoms with Crippen LogP contribution in [0.4, 0.5) is 0 Å². The molecule has 0 bridgehead atoms. The van der Waals surface area contributed by atoms with E-state index in [0.717, 1.165) is 0 Å². The molecule has 0 fully saturated rings. The number of amides is 2. The molecule has 0 aromatic heterocycles. The Bertz CT molecular complexity index is 403. The molecule has 1 aromatic rings. The van der Waals surface area contributed by atoms with E-state index >= 15 is 0 Å². The first-order valence-corrected chi connectivity index (χ1v) is 5.42. The van der Waals surface area contributed by atoms with Crippen LogP contribution in [0.2, 0.25) is 0 Å². The van der Waals surface area contributed by atoms with Crippen molar-refractivity contribution in [1.29, 1.82) is 0 Å². The average molecular weight is 252 g/mol. The zero-order valence-electron chi connectivity index (χ0n) is 10.1. The van der Waals surface area contributed by atoms with Crippen molar-refractivity contribution in [3.63, 3.8) is 0 Å². The normalized spacial score (nSPS) is 9.83. The maximum absolute atomic E-state index is 11.6. The molecule has 1 rings (SSSR count). The summed E-state index contributed by atoms with van der Waals surface area (Å²) in [6.07, 6.45) is 0. The van der Waals surface area contributed by atoms with Gasteiger partial charge in [-0.2, -0.15) is 0 Å². The van der Waals surface area contributed by atoms with Crippen LogP contribution < -0.4 is 15.8 Å². The van der Waals surface area contributed by atoms with E-state index in [1.54, 1.807) is 31.4 Å². The van der Waals surface area contributed by atoms with Crippen LogP contribution in [0, 0.1) is 0 Å². The fraction of sp³-hybridized carbons (Fsp3) is 0.333. The molecule has 0 aliphatic rings. The number of nitrogens with one attached hydrogen (secondary N) is 1. The highest BCUT2D eigenvalue weighted by Gasteiger charge is 2.05. The molecular formula is C12H16N2O4. The third-order valence-electron chi connectivity index (χ3n) is 2.09. The number of hydrogen-bond donors (Lipinski definition) is 2. The number of benzene rings is 1. The van der Waals surface area contributed by atoms with Crippen molar-refractivity contribution in [3.05, 3.63) is 29.8 Å². The van der Waals surface area contributed by atoms with Gasteiger partial charge in [-0.3, -0.25) is 9.59 Å². The van der Waals surface area contributed by atoms with Crippen LogP contribution in [0.25, 0.3) is 0 Å². The smallest absolute Gasteiger partial charge is 0.255 e. The third-order valence-corrected chi connectivity index (χ3v) is 2.09. The highest BCUT2D eigenvalue weighted by atomic mass is 16.5. The van der Waals surface area contributed by atoms with E-state index < -0.39 is 5.91 Å². The Hall–Kier alpha value is -2.08. The zero-order valence-corrected chi connectivity index (χ0v) is 10.1. The fourth-order valence-electron chi connectivity index (χ4n) is 1.23. The number of nitrogens with two attached hydrogens (primary N) is 1. The summed E-state index contributed by atoms with van der Waals surface area (Å²) in [5, 5.41) is 2.69. The van der Waals surface area contributed by atoms with E-state index in [9.17, 15) is 9.59 Å². The first-order valence-electron chi connectivity index (χ1n) is 5.42. The largest absolute Gasteiger partial charge is 0.484 e. The summed E-state index contributed by atoms with van der Waals surface area (Å²) in [5.74, 6) is -0.243. The van der Waals surface area contributed by atoms with Gasteiger partial charge in [0.1, 0.15) is 5.75 Å². The monoisotopic (exact) mass is 252 g/mol. The van der Waals surface area contributed by atoms with Crippen molar-refractivity contribution in [2.24, 2.45) is 5.73 Å². The van der Waals surface area contributed by atoms with Crippen molar-refractivity contribution < 1.29 is 19.1 Å². The first kappa shape index (κ1) is 14.0. The van der Waals surface area contributed by atoms with E-state index in [2.05, 4.69) is 5.32 Å². The van der Waals surface area contributed by atoms with Gasteiger partial charge in [0.05, 0.1) is 6.61 Å². The van der Waals surface area contributed by atoms with Crippen LogP contribution in [-0.2, 0) is 9.53 Å². The number of primary amides is 1. The quantitative estimate of drug-likeness (QED) is 0.664. The second-order valence-corrected chi connectivity index (χ2v) is 3.53. The lowest BCUT2D eigenvalue weighted by Crippen LogP contribution is -2.26. The average Bonchev–Trinajstić information content (AvgIpc) is 2.37. The summed E-state index contributed by atoms with van der Waals surface area (Å²) >= 11 is 0. The van der Waals surface area contributed by atoms with Crippen LogP contribution in [0.1, 0.15) is 10.4 Å². The summed E-state index contributed by atoms with van der Waals surface area (Å²) in [6.45, 7) is 0.736. The minimum Gasteiger partial charge on any atom is -0.484 e. The molecule has 6 nitrogen and oxygen atoms in total. The van der Waals surface area contributed by atoms with Crippen LogP contribution >= 0.6 is 0 Å². The predicted octanol–water partition coefficient (Wildman–Crippen LogP) is -0.0731. The molecule has 98 valence electrons. The Morgan fingerprint density at radius 1 is 1.28 bits per heavy atom. The van der Waals surface area contributed by atoms with Gasteiger partial charge in [-0.1, -0.05) is 0 Å². The van der Waals surface area contributed by atoms with E-state index in [1.807, 2.05) is 0 Å². The van der Waals surface area contributed by atoms with Crippen LogP contribution in [-0.4, -0.2) is 38.7 Å². The Balaban J connectivity index is 2.48. The molecule has 0 saturated heterocycles. The maximum Gasteiger partial charge on any atom is 0.255 e. The summed E-state index contributed by atoms with van der Waals surface area (Å²) in [7, 11) is 1.57. The van der Waals surface area contributed by atoms with Gasteiger partial charge in [0.25, 0.3) is 11.8 Å². The maximum atomic E-state index is 11.6. The van der Waals surface area contributed by atoms with E-state index in [0.29, 0.717) is 24.5 Å². The van der Waals surface area contributed by atoms with E-state index in [4.69, 9.17) is 15.2 Å². The standard InChI is InChI=1S/C12H16N2O4/c1-17-7-6-14-12(16)9-2-4-10(5-3-9)18-8-11(13)15/h2-5H,6-8H2,1H3,(H2,13,15)(H,14,16). The SMILES string of the molecule is COCCNC(=O)c1ccc(OCC(N)=O)cc1. The number of carbonyl (C=O) groups is 2. The minimum absolute atomic E-state index is 0.181. The molecule has 0 spiro atoms. The zero-order chi connectivity index (χ0) is 13.4. The number of hydrogen-bond acceptors (Lipinski definition) is 4. The van der Waals surface area contributed by atoms with Crippen molar-refractivity contribution in [1.82, 2.24) is 5.32 Å². The Labute approximate surface area is 105 Å². The van der Waals surface area contributed by atoms with Crippen LogP contribution in [0.5, 0.6) is 5.75 Å². The van der Waals surface area contributed by atoms with Gasteiger partial charge in [-0.15, -0.1) is 0 Å². The summed E-state index contributed by atoms with van der Waals surface area (Å²) in [6, 6.07) is 6.43. The van der Waals surface area contributed by atoms with E-state index in [-0.39, 0.29) is 12.5 Å². The second-order valence-electron chi connectivity index (χ2n) is 3.53. The van der Waals surface area contributed by atoms with E-state index in [1.165, 1.54) is 0 Å². The predicted molar refractivity (Wildman–Crippen MR) is 65.3 cm³/mol. The number of ether oxygens (including phenoxy) is 2. The fourth-order valence-corrected chi connectivity index (χ4v) is 1.23. The molecule has 1 aromatic carbocycles. The molecule has 0 atom stereocenters. The van der Waals surface area contributed by atoms with Gasteiger partial charge in [0.15, 0.2) is 6.61 Å². The Morgan fingerprint density at radius 3 is 2.50 bits per heavy atom. The Morgan fingerprint density at radius 2 is 1.94 bits per heavy atom. The number of carbonyl (C=O) groups excluding carboxylic acids is 2. The van der Waals surface area contributed by atoms with Gasteiger partial charge < -0.3 is 20.5 Å². The molecular weight excluding hydrogens is 236 g/mol. The van der Waals surface area contributed by atoms with Gasteiger partial charge in [-0.25, -0.2) is 0 Å². The molecule has 0 aliphatic carbocycles. The number of methoxy groups -OCH3 is 1. The highest BCUT2D eigenvalue weighted by molar-refractivity contribution is 5.94. The lowest BCUT2D eigenvalue weighted by atomic mass is 10.2. The van der Waals surface area contributed by atoms with Gasteiger partial charge in [-0.05, 0) is 24.3 Å². The number of rotatable bonds is 7. The molecule has 2 amide bonds. The van der Waals surface area contributed by atoms with Crippen molar-refractivity contribution in [2.45, 2.75) is 0 Å². The lowest BCUT2D eigenvalue weighted by Gasteiger charge is -2.06. The molecule has 0 saturated carbocycles. The van der Waals surface area contributed by atoms with Gasteiger partial charge >= 0.3 is 0 Å². The molecule has 0 unspecified atom stereocenters. The van der Waals surface area contributed by atoms with Gasteiger partial charge in [0.2, 0.25) is 0 Å². The minimum atomic E-state index is -0.545.